The van der Waals surface area contributed by atoms with Gasteiger partial charge in [-0.1, -0.05) is 32.6 Å². The van der Waals surface area contributed by atoms with Crippen molar-refractivity contribution in [1.29, 1.82) is 0 Å². The molecule has 4 rings (SSSR count). The number of likely N-dealkylation sites (tertiary alicyclic amines) is 2. The lowest BCUT2D eigenvalue weighted by Crippen LogP contribution is -2.54. The number of carbonyl (C=O) groups excluding carboxylic acids is 2. The van der Waals surface area contributed by atoms with E-state index in [1.165, 1.54) is 19.3 Å². The highest BCUT2D eigenvalue weighted by molar-refractivity contribution is 5.94. The summed E-state index contributed by atoms with van der Waals surface area (Å²) in [5, 5.41) is 7.18. The average Bonchev–Trinajstić information content (AvgIpc) is 3.33. The van der Waals surface area contributed by atoms with Gasteiger partial charge in [0.05, 0.1) is 5.41 Å². The summed E-state index contributed by atoms with van der Waals surface area (Å²) in [4.78, 5) is 30.3. The minimum atomic E-state index is -0.353. The molecule has 3 heterocycles. The zero-order valence-corrected chi connectivity index (χ0v) is 16.5. The highest BCUT2D eigenvalue weighted by Crippen LogP contribution is 2.42. The number of aryl methyl sites for hydroxylation is 1. The largest absolute Gasteiger partial charge is 0.339 e. The number of nitrogens with one attached hydrogen (secondary N) is 1. The standard InChI is InChI=1S/C21H32N4O2/c1-2-7-16-14-18(23-22-16)19(26)24-13-11-21(15-24)10-6-12-25(20(21)27)17-8-4-3-5-9-17/h14,17H,2-13,15H2,1H3,(H,22,23)/t21-/m0/s1. The van der Waals surface area contributed by atoms with Gasteiger partial charge >= 0.3 is 0 Å². The Kier molecular flexibility index (Phi) is 5.24. The number of carbonyl (C=O) groups is 2. The van der Waals surface area contributed by atoms with Crippen LogP contribution in [0.2, 0.25) is 0 Å². The SMILES string of the molecule is CCCc1cc(C(=O)N2CC[C@@]3(CCCN(C4CCCCC4)C3=O)C2)n[nH]1. The lowest BCUT2D eigenvalue weighted by Gasteiger charge is -2.44. The van der Waals surface area contributed by atoms with E-state index >= 15 is 0 Å². The number of amides is 2. The van der Waals surface area contributed by atoms with Crippen molar-refractivity contribution in [1.82, 2.24) is 20.0 Å². The summed E-state index contributed by atoms with van der Waals surface area (Å²) in [6.07, 6.45) is 10.8. The maximum absolute atomic E-state index is 13.4. The first-order valence-corrected chi connectivity index (χ1v) is 10.8. The summed E-state index contributed by atoms with van der Waals surface area (Å²) in [5.41, 5.74) is 1.14. The van der Waals surface area contributed by atoms with Crippen LogP contribution >= 0.6 is 0 Å². The minimum absolute atomic E-state index is 0.0342. The summed E-state index contributed by atoms with van der Waals surface area (Å²) in [6, 6.07) is 2.30. The molecule has 1 atom stereocenters. The molecule has 1 aliphatic carbocycles. The van der Waals surface area contributed by atoms with E-state index in [0.29, 0.717) is 30.7 Å². The lowest BCUT2D eigenvalue weighted by molar-refractivity contribution is -0.149. The molecule has 0 bridgehead atoms. The highest BCUT2D eigenvalue weighted by Gasteiger charge is 2.50. The van der Waals surface area contributed by atoms with Gasteiger partial charge in [0.25, 0.3) is 5.91 Å². The van der Waals surface area contributed by atoms with Gasteiger partial charge in [0.1, 0.15) is 5.69 Å². The fourth-order valence-corrected chi connectivity index (χ4v) is 5.30. The number of aromatic nitrogens is 2. The fraction of sp³-hybridized carbons (Fsp3) is 0.762. The van der Waals surface area contributed by atoms with Gasteiger partial charge in [-0.2, -0.15) is 5.10 Å². The van der Waals surface area contributed by atoms with Crippen LogP contribution in [0.4, 0.5) is 0 Å². The van der Waals surface area contributed by atoms with Crippen molar-refractivity contribution in [2.24, 2.45) is 5.41 Å². The van der Waals surface area contributed by atoms with Crippen LogP contribution in [0.1, 0.15) is 80.9 Å². The number of nitrogens with zero attached hydrogens (tertiary/aromatic N) is 3. The van der Waals surface area contributed by atoms with Crippen LogP contribution in [-0.2, 0) is 11.2 Å². The van der Waals surface area contributed by atoms with Gasteiger partial charge in [0.15, 0.2) is 0 Å². The Bertz CT molecular complexity index is 694. The highest BCUT2D eigenvalue weighted by atomic mass is 16.2. The molecule has 1 saturated carbocycles. The van der Waals surface area contributed by atoms with E-state index in [1.807, 2.05) is 11.0 Å². The van der Waals surface area contributed by atoms with E-state index < -0.39 is 0 Å². The molecule has 2 saturated heterocycles. The van der Waals surface area contributed by atoms with Gasteiger partial charge in [-0.15, -0.1) is 0 Å². The van der Waals surface area contributed by atoms with Crippen LogP contribution in [0.3, 0.4) is 0 Å². The lowest BCUT2D eigenvalue weighted by atomic mass is 9.77. The molecule has 27 heavy (non-hydrogen) atoms. The first-order chi connectivity index (χ1) is 13.1. The second-order valence-corrected chi connectivity index (χ2v) is 8.68. The second-order valence-electron chi connectivity index (χ2n) is 8.68. The predicted octanol–water partition coefficient (Wildman–Crippen LogP) is 3.15. The normalized spacial score (nSPS) is 26.9. The van der Waals surface area contributed by atoms with Crippen molar-refractivity contribution in [2.75, 3.05) is 19.6 Å². The topological polar surface area (TPSA) is 69.3 Å². The average molecular weight is 373 g/mol. The summed E-state index contributed by atoms with van der Waals surface area (Å²) in [5.74, 6) is 0.276. The molecule has 3 fully saturated rings. The van der Waals surface area contributed by atoms with Crippen LogP contribution in [-0.4, -0.2) is 57.5 Å². The Balaban J connectivity index is 1.45. The second kappa shape index (κ2) is 7.64. The van der Waals surface area contributed by atoms with Crippen LogP contribution < -0.4 is 0 Å². The number of piperidine rings is 1. The van der Waals surface area contributed by atoms with Crippen LogP contribution in [0.15, 0.2) is 6.07 Å². The molecule has 0 aromatic carbocycles. The third kappa shape index (κ3) is 3.50. The molecule has 0 unspecified atom stereocenters. The van der Waals surface area contributed by atoms with Gasteiger partial charge < -0.3 is 9.80 Å². The number of hydrogen-bond acceptors (Lipinski definition) is 3. The van der Waals surface area contributed by atoms with Crippen LogP contribution in [0, 0.1) is 5.41 Å². The third-order valence-corrected chi connectivity index (χ3v) is 6.79. The zero-order chi connectivity index (χ0) is 18.9. The molecule has 148 valence electrons. The minimum Gasteiger partial charge on any atom is -0.339 e. The Morgan fingerprint density at radius 2 is 2.04 bits per heavy atom. The summed E-state index contributed by atoms with van der Waals surface area (Å²) >= 11 is 0. The number of rotatable bonds is 4. The molecule has 0 radical (unpaired) electrons. The molecule has 6 heteroatoms. The molecule has 1 aromatic heterocycles. The summed E-state index contributed by atoms with van der Waals surface area (Å²) in [6.45, 7) is 4.24. The monoisotopic (exact) mass is 372 g/mol. The quantitative estimate of drug-likeness (QED) is 0.883. The van der Waals surface area contributed by atoms with Crippen LogP contribution in [0.5, 0.6) is 0 Å². The van der Waals surface area contributed by atoms with Crippen molar-refractivity contribution >= 4 is 11.8 Å². The molecule has 2 aliphatic heterocycles. The number of H-pyrrole nitrogens is 1. The zero-order valence-electron chi connectivity index (χ0n) is 16.5. The molecule has 6 nitrogen and oxygen atoms in total. The summed E-state index contributed by atoms with van der Waals surface area (Å²) in [7, 11) is 0. The molecule has 1 aromatic rings. The Labute approximate surface area is 161 Å². The third-order valence-electron chi connectivity index (χ3n) is 6.79. The Hall–Kier alpha value is -1.85. The van der Waals surface area contributed by atoms with E-state index in [4.69, 9.17) is 0 Å². The molecule has 3 aliphatic rings. The first-order valence-electron chi connectivity index (χ1n) is 10.8. The van der Waals surface area contributed by atoms with E-state index in [2.05, 4.69) is 22.0 Å². The maximum atomic E-state index is 13.4. The first kappa shape index (κ1) is 18.5. The number of aromatic amines is 1. The van der Waals surface area contributed by atoms with Crippen molar-refractivity contribution < 1.29 is 9.59 Å². The van der Waals surface area contributed by atoms with E-state index in [1.54, 1.807) is 0 Å². The van der Waals surface area contributed by atoms with E-state index in [9.17, 15) is 9.59 Å². The van der Waals surface area contributed by atoms with E-state index in [-0.39, 0.29) is 11.3 Å². The van der Waals surface area contributed by atoms with Crippen molar-refractivity contribution in [3.05, 3.63) is 17.5 Å². The van der Waals surface area contributed by atoms with E-state index in [0.717, 1.165) is 57.2 Å². The van der Waals surface area contributed by atoms with Gasteiger partial charge in [-0.05, 0) is 44.6 Å². The van der Waals surface area contributed by atoms with Gasteiger partial charge in [-0.3, -0.25) is 14.7 Å². The van der Waals surface area contributed by atoms with Gasteiger partial charge in [0.2, 0.25) is 5.91 Å². The Morgan fingerprint density at radius 3 is 2.81 bits per heavy atom. The summed E-state index contributed by atoms with van der Waals surface area (Å²) < 4.78 is 0. The predicted molar refractivity (Wildman–Crippen MR) is 103 cm³/mol. The maximum Gasteiger partial charge on any atom is 0.274 e. The van der Waals surface area contributed by atoms with Crippen LogP contribution in [0.25, 0.3) is 0 Å². The van der Waals surface area contributed by atoms with Crippen molar-refractivity contribution in [3.8, 4) is 0 Å². The molecule has 2 amide bonds. The Morgan fingerprint density at radius 1 is 1.22 bits per heavy atom. The number of hydrogen-bond donors (Lipinski definition) is 1. The molecule has 1 spiro atoms. The van der Waals surface area contributed by atoms with Crippen molar-refractivity contribution in [3.63, 3.8) is 0 Å². The fourth-order valence-electron chi connectivity index (χ4n) is 5.30. The molecule has 1 N–H and O–H groups in total. The van der Waals surface area contributed by atoms with Gasteiger partial charge in [0, 0.05) is 31.4 Å². The smallest absolute Gasteiger partial charge is 0.274 e. The molecular weight excluding hydrogens is 340 g/mol. The van der Waals surface area contributed by atoms with Crippen molar-refractivity contribution in [2.45, 2.75) is 77.2 Å². The molecular formula is C21H32N4O2. The van der Waals surface area contributed by atoms with Gasteiger partial charge in [-0.25, -0.2) is 0 Å².